The third-order valence-electron chi connectivity index (χ3n) is 2.51. The molecule has 0 saturated carbocycles. The molecule has 2 heteroatoms. The van der Waals surface area contributed by atoms with Gasteiger partial charge in [0, 0.05) is 5.54 Å². The second kappa shape index (κ2) is 7.34. The molecule has 0 aromatic heterocycles. The molecule has 0 unspecified atom stereocenters. The van der Waals surface area contributed by atoms with Crippen molar-refractivity contribution in [2.45, 2.75) is 58.4 Å². The average Bonchev–Trinajstić information content (AvgIpc) is 2.15. The maximum Gasteiger partial charge on any atom is 0.0613 e. The molecule has 0 fully saturated rings. The van der Waals surface area contributed by atoms with Crippen LogP contribution in [0.3, 0.4) is 0 Å². The Hall–Kier alpha value is -0.0800. The fraction of sp³-hybridized carbons (Fsp3) is 1.00. The third-order valence-corrected chi connectivity index (χ3v) is 2.51. The van der Waals surface area contributed by atoms with Crippen LogP contribution in [0.1, 0.15) is 52.9 Å². The molecule has 0 aromatic rings. The first kappa shape index (κ1) is 12.9. The summed E-state index contributed by atoms with van der Waals surface area (Å²) < 4.78 is 0. The minimum Gasteiger partial charge on any atom is -0.394 e. The van der Waals surface area contributed by atoms with Crippen LogP contribution >= 0.6 is 0 Å². The number of hydrogen-bond donors (Lipinski definition) is 2. The summed E-state index contributed by atoms with van der Waals surface area (Å²) in [4.78, 5) is 0. The molecule has 13 heavy (non-hydrogen) atoms. The maximum atomic E-state index is 9.40. The largest absolute Gasteiger partial charge is 0.394 e. The highest BCUT2D eigenvalue weighted by Crippen LogP contribution is 2.18. The summed E-state index contributed by atoms with van der Waals surface area (Å²) in [5.41, 5.74) is -0.000486. The van der Waals surface area contributed by atoms with Crippen molar-refractivity contribution in [3.8, 4) is 0 Å². The van der Waals surface area contributed by atoms with E-state index in [0.717, 1.165) is 38.6 Å². The normalized spacial score (nSPS) is 12.0. The Morgan fingerprint density at radius 1 is 1.00 bits per heavy atom. The predicted molar refractivity (Wildman–Crippen MR) is 57.9 cm³/mol. The van der Waals surface area contributed by atoms with Gasteiger partial charge in [0.05, 0.1) is 6.61 Å². The Balaban J connectivity index is 4.07. The van der Waals surface area contributed by atoms with E-state index in [1.54, 1.807) is 0 Å². The van der Waals surface area contributed by atoms with Crippen molar-refractivity contribution < 1.29 is 5.11 Å². The van der Waals surface area contributed by atoms with Gasteiger partial charge in [-0.2, -0.15) is 0 Å². The summed E-state index contributed by atoms with van der Waals surface area (Å²) in [5.74, 6) is 0. The van der Waals surface area contributed by atoms with Crippen LogP contribution in [0.25, 0.3) is 0 Å². The number of nitrogens with one attached hydrogen (secondary N) is 1. The van der Waals surface area contributed by atoms with Crippen LogP contribution in [-0.2, 0) is 0 Å². The second-order valence-corrected chi connectivity index (χ2v) is 3.87. The maximum absolute atomic E-state index is 9.40. The van der Waals surface area contributed by atoms with Gasteiger partial charge in [0.25, 0.3) is 0 Å². The van der Waals surface area contributed by atoms with E-state index < -0.39 is 0 Å². The van der Waals surface area contributed by atoms with E-state index in [-0.39, 0.29) is 12.1 Å². The van der Waals surface area contributed by atoms with E-state index in [2.05, 4.69) is 26.1 Å². The van der Waals surface area contributed by atoms with Crippen molar-refractivity contribution in [3.05, 3.63) is 0 Å². The molecule has 0 aliphatic heterocycles. The van der Waals surface area contributed by atoms with Gasteiger partial charge in [0.1, 0.15) is 0 Å². The molecule has 0 amide bonds. The van der Waals surface area contributed by atoms with Gasteiger partial charge in [-0.15, -0.1) is 0 Å². The predicted octanol–water partition coefficient (Wildman–Crippen LogP) is 2.32. The summed E-state index contributed by atoms with van der Waals surface area (Å²) in [6.45, 7) is 7.80. The lowest BCUT2D eigenvalue weighted by Gasteiger charge is -2.32. The summed E-state index contributed by atoms with van der Waals surface area (Å²) >= 11 is 0. The van der Waals surface area contributed by atoms with E-state index in [4.69, 9.17) is 0 Å². The molecule has 2 N–H and O–H groups in total. The Morgan fingerprint density at radius 3 is 1.85 bits per heavy atom. The Kier molecular flexibility index (Phi) is 7.29. The Labute approximate surface area is 82.7 Å². The van der Waals surface area contributed by atoms with E-state index in [0.29, 0.717) is 0 Å². The lowest BCUT2D eigenvalue weighted by Crippen LogP contribution is -2.48. The van der Waals surface area contributed by atoms with Gasteiger partial charge in [0.2, 0.25) is 0 Å². The van der Waals surface area contributed by atoms with Crippen LogP contribution in [-0.4, -0.2) is 23.8 Å². The average molecular weight is 187 g/mol. The van der Waals surface area contributed by atoms with Crippen molar-refractivity contribution in [3.63, 3.8) is 0 Å². The molecule has 0 aliphatic carbocycles. The van der Waals surface area contributed by atoms with Crippen molar-refractivity contribution in [2.24, 2.45) is 0 Å². The molecule has 0 atom stereocenters. The molecule has 0 bridgehead atoms. The highest BCUT2D eigenvalue weighted by molar-refractivity contribution is 4.86. The monoisotopic (exact) mass is 187 g/mol. The highest BCUT2D eigenvalue weighted by Gasteiger charge is 2.25. The van der Waals surface area contributed by atoms with Crippen molar-refractivity contribution in [1.29, 1.82) is 0 Å². The molecule has 0 rings (SSSR count). The standard InChI is InChI=1S/C11H25NO/c1-4-7-11(10-13,8-5-2)12-9-6-3/h12-13H,4-10H2,1-3H3. The van der Waals surface area contributed by atoms with Crippen LogP contribution in [0.2, 0.25) is 0 Å². The van der Waals surface area contributed by atoms with Gasteiger partial charge in [-0.1, -0.05) is 33.6 Å². The molecule has 0 aromatic carbocycles. The number of hydrogen-bond acceptors (Lipinski definition) is 2. The van der Waals surface area contributed by atoms with Gasteiger partial charge in [-0.3, -0.25) is 0 Å². The highest BCUT2D eigenvalue weighted by atomic mass is 16.3. The minimum absolute atomic E-state index is 0.000486. The summed E-state index contributed by atoms with van der Waals surface area (Å²) in [7, 11) is 0. The molecule has 0 radical (unpaired) electrons. The summed E-state index contributed by atoms with van der Waals surface area (Å²) in [6, 6.07) is 0. The smallest absolute Gasteiger partial charge is 0.0613 e. The summed E-state index contributed by atoms with van der Waals surface area (Å²) in [6.07, 6.45) is 5.57. The van der Waals surface area contributed by atoms with Gasteiger partial charge in [-0.05, 0) is 25.8 Å². The fourth-order valence-corrected chi connectivity index (χ4v) is 1.86. The zero-order valence-electron chi connectivity index (χ0n) is 9.40. The van der Waals surface area contributed by atoms with E-state index in [9.17, 15) is 5.11 Å². The number of rotatable bonds is 8. The quantitative estimate of drug-likeness (QED) is 0.611. The molecule has 2 nitrogen and oxygen atoms in total. The molecule has 0 spiro atoms. The second-order valence-electron chi connectivity index (χ2n) is 3.87. The first-order valence-electron chi connectivity index (χ1n) is 5.60. The lowest BCUT2D eigenvalue weighted by molar-refractivity contribution is 0.140. The number of aliphatic hydroxyl groups is 1. The molecule has 0 saturated heterocycles. The van der Waals surface area contributed by atoms with Crippen LogP contribution in [0, 0.1) is 0 Å². The van der Waals surface area contributed by atoms with E-state index in [1.165, 1.54) is 0 Å². The van der Waals surface area contributed by atoms with Gasteiger partial charge in [-0.25, -0.2) is 0 Å². The number of aliphatic hydroxyl groups excluding tert-OH is 1. The molecule has 0 heterocycles. The van der Waals surface area contributed by atoms with E-state index in [1.807, 2.05) is 0 Å². The SMILES string of the molecule is CCCNC(CO)(CCC)CCC. The van der Waals surface area contributed by atoms with Crippen LogP contribution in [0.4, 0.5) is 0 Å². The summed E-state index contributed by atoms with van der Waals surface area (Å²) in [5, 5.41) is 12.9. The van der Waals surface area contributed by atoms with Crippen molar-refractivity contribution >= 4 is 0 Å². The van der Waals surface area contributed by atoms with Gasteiger partial charge in [0.15, 0.2) is 0 Å². The fourth-order valence-electron chi connectivity index (χ4n) is 1.86. The molecular formula is C11H25NO. The van der Waals surface area contributed by atoms with Crippen LogP contribution in [0.15, 0.2) is 0 Å². The Morgan fingerprint density at radius 2 is 1.54 bits per heavy atom. The minimum atomic E-state index is -0.000486. The van der Waals surface area contributed by atoms with Gasteiger partial charge >= 0.3 is 0 Å². The molecule has 80 valence electrons. The molecule has 0 aliphatic rings. The zero-order valence-corrected chi connectivity index (χ0v) is 9.40. The first-order valence-corrected chi connectivity index (χ1v) is 5.60. The zero-order chi connectivity index (χ0) is 10.2. The van der Waals surface area contributed by atoms with Gasteiger partial charge < -0.3 is 10.4 Å². The molecular weight excluding hydrogens is 162 g/mol. The third kappa shape index (κ3) is 4.63. The first-order chi connectivity index (χ1) is 6.24. The Bertz CT molecular complexity index is 109. The topological polar surface area (TPSA) is 32.3 Å². The van der Waals surface area contributed by atoms with Crippen LogP contribution < -0.4 is 5.32 Å². The van der Waals surface area contributed by atoms with Crippen molar-refractivity contribution in [2.75, 3.05) is 13.2 Å². The van der Waals surface area contributed by atoms with Crippen molar-refractivity contribution in [1.82, 2.24) is 5.32 Å². The van der Waals surface area contributed by atoms with E-state index >= 15 is 0 Å². The van der Waals surface area contributed by atoms with Crippen LogP contribution in [0.5, 0.6) is 0 Å². The lowest BCUT2D eigenvalue weighted by atomic mass is 9.89.